The lowest BCUT2D eigenvalue weighted by molar-refractivity contribution is 0.0937. The predicted octanol–water partition coefficient (Wildman–Crippen LogP) is 2.57. The molecular weight excluding hydrogens is 262 g/mol. The summed E-state index contributed by atoms with van der Waals surface area (Å²) in [4.78, 5) is 14.1. The maximum Gasteiger partial charge on any atom is 0.251 e. The van der Waals surface area contributed by atoms with Crippen molar-refractivity contribution in [3.05, 3.63) is 35.4 Å². The molecule has 0 aromatic heterocycles. The molecule has 1 aromatic carbocycles. The highest BCUT2D eigenvalue weighted by atomic mass is 19.1. The number of hydrogen-bond acceptors (Lipinski definition) is 2. The molecule has 5 heteroatoms. The number of hydrogen-bond donors (Lipinski definition) is 1. The Kier molecular flexibility index (Phi) is 5.06. The number of carbonyl (C=O) groups is 1. The van der Waals surface area contributed by atoms with Crippen molar-refractivity contribution in [1.82, 2.24) is 10.2 Å². The molecule has 3 nitrogen and oxygen atoms in total. The molecule has 1 fully saturated rings. The summed E-state index contributed by atoms with van der Waals surface area (Å²) < 4.78 is 26.0. The molecule has 1 aliphatic heterocycles. The van der Waals surface area contributed by atoms with Gasteiger partial charge in [-0.25, -0.2) is 8.78 Å². The zero-order valence-electron chi connectivity index (χ0n) is 11.7. The fraction of sp³-hybridized carbons (Fsp3) is 0.533. The van der Waals surface area contributed by atoms with E-state index in [2.05, 4.69) is 17.1 Å². The van der Waals surface area contributed by atoms with Gasteiger partial charge in [-0.2, -0.15) is 0 Å². The van der Waals surface area contributed by atoms with Crippen molar-refractivity contribution in [1.29, 1.82) is 0 Å². The van der Waals surface area contributed by atoms with E-state index in [1.165, 1.54) is 19.3 Å². The average molecular weight is 282 g/mol. The fourth-order valence-electron chi connectivity index (χ4n) is 2.59. The van der Waals surface area contributed by atoms with Gasteiger partial charge in [0, 0.05) is 30.8 Å². The first-order valence-corrected chi connectivity index (χ1v) is 7.04. The van der Waals surface area contributed by atoms with Gasteiger partial charge in [0.25, 0.3) is 5.91 Å². The van der Waals surface area contributed by atoms with Crippen LogP contribution < -0.4 is 5.32 Å². The highest BCUT2D eigenvalue weighted by Gasteiger charge is 2.17. The summed E-state index contributed by atoms with van der Waals surface area (Å²) in [6.07, 6.45) is 3.63. The molecule has 1 aliphatic rings. The Hall–Kier alpha value is -1.49. The summed E-state index contributed by atoms with van der Waals surface area (Å²) in [5.41, 5.74) is 0.0224. The van der Waals surface area contributed by atoms with Gasteiger partial charge in [-0.1, -0.05) is 6.42 Å². The largest absolute Gasteiger partial charge is 0.351 e. The second-order valence-electron chi connectivity index (χ2n) is 5.29. The summed E-state index contributed by atoms with van der Waals surface area (Å²) in [7, 11) is 0. The van der Waals surface area contributed by atoms with Gasteiger partial charge in [0.15, 0.2) is 0 Å². The SMILES string of the molecule is C[C@@H]1CCCCN1CCNC(=O)c1cc(F)cc(F)c1. The van der Waals surface area contributed by atoms with Crippen molar-refractivity contribution >= 4 is 5.91 Å². The van der Waals surface area contributed by atoms with Gasteiger partial charge in [-0.15, -0.1) is 0 Å². The Balaban J connectivity index is 1.82. The molecule has 1 N–H and O–H groups in total. The Bertz CT molecular complexity index is 459. The van der Waals surface area contributed by atoms with E-state index < -0.39 is 17.5 Å². The highest BCUT2D eigenvalue weighted by Crippen LogP contribution is 2.15. The average Bonchev–Trinajstić information content (AvgIpc) is 2.39. The summed E-state index contributed by atoms with van der Waals surface area (Å²) in [6.45, 7) is 4.49. The third-order valence-electron chi connectivity index (χ3n) is 3.75. The maximum absolute atomic E-state index is 13.0. The summed E-state index contributed by atoms with van der Waals surface area (Å²) >= 11 is 0. The van der Waals surface area contributed by atoms with E-state index in [1.807, 2.05) is 0 Å². The number of halogens is 2. The Morgan fingerprint density at radius 1 is 1.30 bits per heavy atom. The van der Waals surface area contributed by atoms with E-state index in [0.29, 0.717) is 12.6 Å². The third kappa shape index (κ3) is 4.00. The molecule has 0 aliphatic carbocycles. The first-order valence-electron chi connectivity index (χ1n) is 7.04. The van der Waals surface area contributed by atoms with Crippen LogP contribution in [0.2, 0.25) is 0 Å². The zero-order chi connectivity index (χ0) is 14.5. The van der Waals surface area contributed by atoms with Crippen LogP contribution in [0.4, 0.5) is 8.78 Å². The number of nitrogens with one attached hydrogen (secondary N) is 1. The van der Waals surface area contributed by atoms with Crippen LogP contribution in [0.25, 0.3) is 0 Å². The van der Waals surface area contributed by atoms with Gasteiger partial charge in [0.05, 0.1) is 0 Å². The van der Waals surface area contributed by atoms with Crippen LogP contribution in [-0.2, 0) is 0 Å². The van der Waals surface area contributed by atoms with Crippen molar-refractivity contribution in [3.8, 4) is 0 Å². The quantitative estimate of drug-likeness (QED) is 0.920. The summed E-state index contributed by atoms with van der Waals surface area (Å²) in [6, 6.07) is 3.38. The zero-order valence-corrected chi connectivity index (χ0v) is 11.7. The van der Waals surface area contributed by atoms with E-state index >= 15 is 0 Å². The molecule has 1 aromatic rings. The number of carbonyl (C=O) groups excluding carboxylic acids is 1. The van der Waals surface area contributed by atoms with Crippen LogP contribution in [0.3, 0.4) is 0 Å². The minimum absolute atomic E-state index is 0.0224. The first-order chi connectivity index (χ1) is 9.56. The van der Waals surface area contributed by atoms with Crippen LogP contribution >= 0.6 is 0 Å². The van der Waals surface area contributed by atoms with Crippen LogP contribution in [0.1, 0.15) is 36.5 Å². The second-order valence-corrected chi connectivity index (χ2v) is 5.29. The Labute approximate surface area is 118 Å². The Morgan fingerprint density at radius 2 is 2.00 bits per heavy atom. The molecule has 0 unspecified atom stereocenters. The normalized spacial score (nSPS) is 19.9. The summed E-state index contributed by atoms with van der Waals surface area (Å²) in [5, 5.41) is 2.71. The monoisotopic (exact) mass is 282 g/mol. The molecule has 20 heavy (non-hydrogen) atoms. The fourth-order valence-corrected chi connectivity index (χ4v) is 2.59. The molecule has 1 atom stereocenters. The van der Waals surface area contributed by atoms with Gasteiger partial charge in [-0.3, -0.25) is 9.69 Å². The van der Waals surface area contributed by atoms with Crippen LogP contribution in [0.15, 0.2) is 18.2 Å². The standard InChI is InChI=1S/C15H20F2N2O/c1-11-4-2-3-6-19(11)7-5-18-15(20)12-8-13(16)10-14(17)9-12/h8-11H,2-7H2,1H3,(H,18,20)/t11-/m1/s1. The van der Waals surface area contributed by atoms with Gasteiger partial charge < -0.3 is 5.32 Å². The predicted molar refractivity (Wildman–Crippen MR) is 73.6 cm³/mol. The lowest BCUT2D eigenvalue weighted by Crippen LogP contribution is -2.42. The molecule has 1 amide bonds. The topological polar surface area (TPSA) is 32.3 Å². The van der Waals surface area contributed by atoms with Crippen LogP contribution in [0.5, 0.6) is 0 Å². The van der Waals surface area contributed by atoms with E-state index in [0.717, 1.165) is 31.3 Å². The minimum atomic E-state index is -0.736. The number of amides is 1. The number of piperidine rings is 1. The first kappa shape index (κ1) is 14.9. The summed E-state index contributed by atoms with van der Waals surface area (Å²) in [5.74, 6) is -1.91. The minimum Gasteiger partial charge on any atom is -0.351 e. The van der Waals surface area contributed by atoms with E-state index in [-0.39, 0.29) is 5.56 Å². The molecular formula is C15H20F2N2O. The van der Waals surface area contributed by atoms with Gasteiger partial charge in [0.1, 0.15) is 11.6 Å². The molecule has 0 bridgehead atoms. The van der Waals surface area contributed by atoms with E-state index in [4.69, 9.17) is 0 Å². The van der Waals surface area contributed by atoms with Gasteiger partial charge >= 0.3 is 0 Å². The second kappa shape index (κ2) is 6.79. The number of benzene rings is 1. The van der Waals surface area contributed by atoms with E-state index in [9.17, 15) is 13.6 Å². The molecule has 1 saturated heterocycles. The number of likely N-dealkylation sites (tertiary alicyclic amines) is 1. The lowest BCUT2D eigenvalue weighted by atomic mass is 10.0. The van der Waals surface area contributed by atoms with Crippen molar-refractivity contribution in [3.63, 3.8) is 0 Å². The number of nitrogens with zero attached hydrogens (tertiary/aromatic N) is 1. The highest BCUT2D eigenvalue weighted by molar-refractivity contribution is 5.94. The van der Waals surface area contributed by atoms with Crippen molar-refractivity contribution < 1.29 is 13.6 Å². The smallest absolute Gasteiger partial charge is 0.251 e. The third-order valence-corrected chi connectivity index (χ3v) is 3.75. The Morgan fingerprint density at radius 3 is 2.65 bits per heavy atom. The van der Waals surface area contributed by atoms with Crippen LogP contribution in [-0.4, -0.2) is 36.5 Å². The van der Waals surface area contributed by atoms with Crippen molar-refractivity contribution in [2.75, 3.05) is 19.6 Å². The molecule has 0 radical (unpaired) electrons. The van der Waals surface area contributed by atoms with Crippen molar-refractivity contribution in [2.24, 2.45) is 0 Å². The van der Waals surface area contributed by atoms with Gasteiger partial charge in [-0.05, 0) is 38.4 Å². The number of rotatable bonds is 4. The lowest BCUT2D eigenvalue weighted by Gasteiger charge is -2.33. The van der Waals surface area contributed by atoms with Crippen LogP contribution in [0, 0.1) is 11.6 Å². The molecule has 1 heterocycles. The molecule has 0 saturated carbocycles. The maximum atomic E-state index is 13.0. The van der Waals surface area contributed by atoms with Crippen molar-refractivity contribution in [2.45, 2.75) is 32.2 Å². The molecule has 2 rings (SSSR count). The van der Waals surface area contributed by atoms with E-state index in [1.54, 1.807) is 0 Å². The molecule has 0 spiro atoms. The van der Waals surface area contributed by atoms with Gasteiger partial charge in [0.2, 0.25) is 0 Å². The molecule has 110 valence electrons.